The number of nitrogens with one attached hydrogen (secondary N) is 1. The molecule has 0 saturated carbocycles. The number of rotatable bonds is 2. The third-order valence-corrected chi connectivity index (χ3v) is 3.69. The fraction of sp³-hybridized carbons (Fsp3) is 0.667. The lowest BCUT2D eigenvalue weighted by atomic mass is 10.4. The van der Waals surface area contributed by atoms with Crippen molar-refractivity contribution in [3.8, 4) is 0 Å². The van der Waals surface area contributed by atoms with Crippen molar-refractivity contribution >= 4 is 29.4 Å². The molecule has 8 heteroatoms. The highest BCUT2D eigenvalue weighted by molar-refractivity contribution is 6.28. The standard InChI is InChI=1S/C12H17ClN6O/c13-10-15-11(18-5-1-2-6-18)17-12(16-10)19-7-3-4-14-9(20)8-19/h1-8H2,(H,14,20). The minimum atomic E-state index is -0.0123. The normalized spacial score (nSPS) is 19.9. The minimum Gasteiger partial charge on any atom is -0.354 e. The zero-order chi connectivity index (χ0) is 13.9. The van der Waals surface area contributed by atoms with E-state index >= 15 is 0 Å². The van der Waals surface area contributed by atoms with Crippen molar-refractivity contribution < 1.29 is 4.79 Å². The summed E-state index contributed by atoms with van der Waals surface area (Å²) in [5.41, 5.74) is 0. The fourth-order valence-corrected chi connectivity index (χ4v) is 2.66. The van der Waals surface area contributed by atoms with Gasteiger partial charge in [-0.3, -0.25) is 4.79 Å². The smallest absolute Gasteiger partial charge is 0.239 e. The van der Waals surface area contributed by atoms with Gasteiger partial charge in [0.15, 0.2) is 0 Å². The molecule has 0 unspecified atom stereocenters. The molecule has 1 aromatic rings. The van der Waals surface area contributed by atoms with Gasteiger partial charge in [0.05, 0.1) is 6.54 Å². The molecule has 2 saturated heterocycles. The van der Waals surface area contributed by atoms with Crippen LogP contribution in [0.15, 0.2) is 0 Å². The van der Waals surface area contributed by atoms with E-state index in [2.05, 4.69) is 25.2 Å². The molecule has 108 valence electrons. The molecule has 2 aliphatic heterocycles. The van der Waals surface area contributed by atoms with E-state index in [1.807, 2.05) is 4.90 Å². The molecular weight excluding hydrogens is 280 g/mol. The van der Waals surface area contributed by atoms with E-state index in [9.17, 15) is 4.79 Å². The number of hydrogen-bond donors (Lipinski definition) is 1. The van der Waals surface area contributed by atoms with Gasteiger partial charge in [0.25, 0.3) is 0 Å². The Kier molecular flexibility index (Phi) is 3.86. The molecule has 0 aromatic carbocycles. The number of aromatic nitrogens is 3. The first-order valence-corrected chi connectivity index (χ1v) is 7.28. The zero-order valence-electron chi connectivity index (χ0n) is 11.2. The Hall–Kier alpha value is -1.63. The first-order valence-electron chi connectivity index (χ1n) is 6.90. The lowest BCUT2D eigenvalue weighted by Crippen LogP contribution is -2.34. The molecule has 0 bridgehead atoms. The average Bonchev–Trinajstić information content (AvgIpc) is 2.87. The Morgan fingerprint density at radius 1 is 0.950 bits per heavy atom. The summed E-state index contributed by atoms with van der Waals surface area (Å²) in [6.07, 6.45) is 3.16. The first kappa shape index (κ1) is 13.4. The zero-order valence-corrected chi connectivity index (χ0v) is 11.9. The minimum absolute atomic E-state index is 0.0123. The second kappa shape index (κ2) is 5.78. The summed E-state index contributed by atoms with van der Waals surface area (Å²) in [5, 5.41) is 3.02. The quantitative estimate of drug-likeness (QED) is 0.854. The van der Waals surface area contributed by atoms with Crippen LogP contribution in [0.5, 0.6) is 0 Å². The molecule has 3 rings (SSSR count). The molecule has 1 N–H and O–H groups in total. The van der Waals surface area contributed by atoms with E-state index in [1.54, 1.807) is 0 Å². The predicted molar refractivity (Wildman–Crippen MR) is 76.1 cm³/mol. The van der Waals surface area contributed by atoms with Crippen LogP contribution in [0.25, 0.3) is 0 Å². The van der Waals surface area contributed by atoms with E-state index in [-0.39, 0.29) is 17.7 Å². The molecule has 2 aliphatic rings. The number of amides is 1. The number of carbonyl (C=O) groups excluding carboxylic acids is 1. The Labute approximate surface area is 122 Å². The lowest BCUT2D eigenvalue weighted by Gasteiger charge is -2.21. The van der Waals surface area contributed by atoms with Gasteiger partial charge in [-0.15, -0.1) is 0 Å². The van der Waals surface area contributed by atoms with Gasteiger partial charge in [0.1, 0.15) is 0 Å². The molecule has 1 amide bonds. The highest BCUT2D eigenvalue weighted by Gasteiger charge is 2.21. The maximum Gasteiger partial charge on any atom is 0.239 e. The molecular formula is C12H17ClN6O. The molecule has 7 nitrogen and oxygen atoms in total. The van der Waals surface area contributed by atoms with E-state index in [0.717, 1.165) is 38.9 Å². The van der Waals surface area contributed by atoms with Gasteiger partial charge in [-0.05, 0) is 30.9 Å². The van der Waals surface area contributed by atoms with Crippen molar-refractivity contribution in [3.05, 3.63) is 5.28 Å². The number of hydrogen-bond acceptors (Lipinski definition) is 6. The van der Waals surface area contributed by atoms with Crippen molar-refractivity contribution in [2.45, 2.75) is 19.3 Å². The van der Waals surface area contributed by atoms with Gasteiger partial charge in [-0.2, -0.15) is 15.0 Å². The van der Waals surface area contributed by atoms with Crippen molar-refractivity contribution in [2.75, 3.05) is 42.5 Å². The number of nitrogens with zero attached hydrogens (tertiary/aromatic N) is 5. The Balaban J connectivity index is 1.86. The molecule has 3 heterocycles. The van der Waals surface area contributed by atoms with Crippen LogP contribution >= 0.6 is 11.6 Å². The fourth-order valence-electron chi connectivity index (χ4n) is 2.51. The molecule has 0 atom stereocenters. The van der Waals surface area contributed by atoms with Crippen LogP contribution in [0.4, 0.5) is 11.9 Å². The lowest BCUT2D eigenvalue weighted by molar-refractivity contribution is -0.119. The van der Waals surface area contributed by atoms with Gasteiger partial charge >= 0.3 is 0 Å². The molecule has 0 spiro atoms. The van der Waals surface area contributed by atoms with Gasteiger partial charge in [0.2, 0.25) is 23.1 Å². The van der Waals surface area contributed by atoms with Crippen LogP contribution < -0.4 is 15.1 Å². The van der Waals surface area contributed by atoms with Gasteiger partial charge < -0.3 is 15.1 Å². The van der Waals surface area contributed by atoms with Crippen molar-refractivity contribution in [1.29, 1.82) is 0 Å². The summed E-state index contributed by atoms with van der Waals surface area (Å²) < 4.78 is 0. The highest BCUT2D eigenvalue weighted by atomic mass is 35.5. The van der Waals surface area contributed by atoms with Crippen LogP contribution in [0.2, 0.25) is 5.28 Å². The van der Waals surface area contributed by atoms with E-state index in [0.29, 0.717) is 18.4 Å². The summed E-state index contributed by atoms with van der Waals surface area (Å²) in [6.45, 7) is 3.58. The first-order chi connectivity index (χ1) is 9.72. The van der Waals surface area contributed by atoms with Crippen molar-refractivity contribution in [1.82, 2.24) is 20.3 Å². The van der Waals surface area contributed by atoms with Crippen LogP contribution in [-0.4, -0.2) is 53.6 Å². The second-order valence-electron chi connectivity index (χ2n) is 5.02. The summed E-state index contributed by atoms with van der Waals surface area (Å²) in [7, 11) is 0. The predicted octanol–water partition coefficient (Wildman–Crippen LogP) is 0.451. The molecule has 0 radical (unpaired) electrons. The monoisotopic (exact) mass is 296 g/mol. The van der Waals surface area contributed by atoms with Crippen LogP contribution in [0.3, 0.4) is 0 Å². The SMILES string of the molecule is O=C1CN(c2nc(Cl)nc(N3CCCC3)n2)CCCN1. The van der Waals surface area contributed by atoms with Crippen LogP contribution in [0, 0.1) is 0 Å². The third kappa shape index (κ3) is 2.92. The third-order valence-electron chi connectivity index (χ3n) is 3.52. The Bertz CT molecular complexity index is 505. The molecule has 0 aliphatic carbocycles. The van der Waals surface area contributed by atoms with Crippen LogP contribution in [-0.2, 0) is 4.79 Å². The van der Waals surface area contributed by atoms with Gasteiger partial charge in [-0.1, -0.05) is 0 Å². The summed E-state index contributed by atoms with van der Waals surface area (Å²) >= 11 is 6.01. The van der Waals surface area contributed by atoms with Crippen molar-refractivity contribution in [2.24, 2.45) is 0 Å². The Morgan fingerprint density at radius 3 is 2.35 bits per heavy atom. The largest absolute Gasteiger partial charge is 0.354 e. The number of halogens is 1. The summed E-state index contributed by atoms with van der Waals surface area (Å²) in [4.78, 5) is 28.4. The van der Waals surface area contributed by atoms with Crippen molar-refractivity contribution in [3.63, 3.8) is 0 Å². The molecule has 1 aromatic heterocycles. The highest BCUT2D eigenvalue weighted by Crippen LogP contribution is 2.20. The number of carbonyl (C=O) groups is 1. The second-order valence-corrected chi connectivity index (χ2v) is 5.36. The van der Waals surface area contributed by atoms with E-state index in [1.165, 1.54) is 0 Å². The van der Waals surface area contributed by atoms with Gasteiger partial charge in [-0.25, -0.2) is 0 Å². The summed E-state index contributed by atoms with van der Waals surface area (Å²) in [5.74, 6) is 1.09. The average molecular weight is 297 g/mol. The maximum atomic E-state index is 11.6. The molecule has 20 heavy (non-hydrogen) atoms. The molecule has 2 fully saturated rings. The number of anilines is 2. The van der Waals surface area contributed by atoms with Crippen LogP contribution in [0.1, 0.15) is 19.3 Å². The van der Waals surface area contributed by atoms with E-state index < -0.39 is 0 Å². The van der Waals surface area contributed by atoms with E-state index in [4.69, 9.17) is 11.6 Å². The maximum absolute atomic E-state index is 11.6. The van der Waals surface area contributed by atoms with Gasteiger partial charge in [0, 0.05) is 26.2 Å². The summed E-state index contributed by atoms with van der Waals surface area (Å²) in [6, 6.07) is 0. The Morgan fingerprint density at radius 2 is 1.60 bits per heavy atom. The topological polar surface area (TPSA) is 74.2 Å².